The van der Waals surface area contributed by atoms with Crippen molar-refractivity contribution in [2.75, 3.05) is 20.2 Å². The minimum Gasteiger partial charge on any atom is -0.481 e. The van der Waals surface area contributed by atoms with E-state index >= 15 is 0 Å². The van der Waals surface area contributed by atoms with Crippen LogP contribution in [0.25, 0.3) is 0 Å². The first-order valence-corrected chi connectivity index (χ1v) is 6.38. The lowest BCUT2D eigenvalue weighted by atomic mass is 9.84. The van der Waals surface area contributed by atoms with Gasteiger partial charge in [-0.3, -0.25) is 9.59 Å². The molecule has 0 spiro atoms. The van der Waals surface area contributed by atoms with Crippen LogP contribution >= 0.6 is 0 Å². The number of carboxylic acid groups (broad SMARTS) is 1. The average Bonchev–Trinajstić information content (AvgIpc) is 2.72. The summed E-state index contributed by atoms with van der Waals surface area (Å²) in [6, 6.07) is 0. The summed E-state index contributed by atoms with van der Waals surface area (Å²) >= 11 is 0. The third-order valence-electron chi connectivity index (χ3n) is 3.17. The van der Waals surface area contributed by atoms with E-state index in [0.29, 0.717) is 0 Å². The van der Waals surface area contributed by atoms with E-state index < -0.39 is 29.0 Å². The molecule has 1 atom stereocenters. The Hall–Kier alpha value is -1.79. The number of amides is 1. The second-order valence-corrected chi connectivity index (χ2v) is 5.99. The van der Waals surface area contributed by atoms with Crippen LogP contribution in [0.15, 0.2) is 0 Å². The summed E-state index contributed by atoms with van der Waals surface area (Å²) in [4.78, 5) is 36.0. The van der Waals surface area contributed by atoms with Crippen molar-refractivity contribution in [1.29, 1.82) is 0 Å². The van der Waals surface area contributed by atoms with E-state index in [1.165, 1.54) is 12.0 Å². The number of likely N-dealkylation sites (tertiary alicyclic amines) is 1. The summed E-state index contributed by atoms with van der Waals surface area (Å²) in [7, 11) is 1.21. The fourth-order valence-electron chi connectivity index (χ4n) is 2.10. The van der Waals surface area contributed by atoms with Crippen molar-refractivity contribution in [3.05, 3.63) is 0 Å². The number of carboxylic acids is 1. The Labute approximate surface area is 117 Å². The van der Waals surface area contributed by atoms with Crippen LogP contribution in [-0.2, 0) is 19.1 Å². The van der Waals surface area contributed by atoms with E-state index in [1.807, 2.05) is 0 Å². The van der Waals surface area contributed by atoms with Crippen molar-refractivity contribution < 1.29 is 29.0 Å². The van der Waals surface area contributed by atoms with Gasteiger partial charge in [0.15, 0.2) is 0 Å². The van der Waals surface area contributed by atoms with E-state index in [4.69, 9.17) is 4.74 Å². The van der Waals surface area contributed by atoms with Crippen molar-refractivity contribution >= 4 is 18.0 Å². The topological polar surface area (TPSA) is 93.1 Å². The van der Waals surface area contributed by atoms with Gasteiger partial charge in [-0.05, 0) is 27.2 Å². The van der Waals surface area contributed by atoms with Crippen LogP contribution in [0.2, 0.25) is 0 Å². The van der Waals surface area contributed by atoms with Crippen molar-refractivity contribution in [3.8, 4) is 0 Å². The van der Waals surface area contributed by atoms with Gasteiger partial charge >= 0.3 is 18.0 Å². The van der Waals surface area contributed by atoms with Gasteiger partial charge in [0, 0.05) is 13.1 Å². The number of hydrogen-bond donors (Lipinski definition) is 1. The highest BCUT2D eigenvalue weighted by molar-refractivity contribution is 5.84. The summed E-state index contributed by atoms with van der Waals surface area (Å²) in [6.07, 6.45) is -0.611. The van der Waals surface area contributed by atoms with Gasteiger partial charge in [0.05, 0.1) is 18.9 Å². The van der Waals surface area contributed by atoms with E-state index in [9.17, 15) is 19.5 Å². The van der Waals surface area contributed by atoms with E-state index in [2.05, 4.69) is 4.74 Å². The first-order valence-electron chi connectivity index (χ1n) is 6.38. The highest BCUT2D eigenvalue weighted by Gasteiger charge is 2.48. The molecule has 1 aliphatic rings. The summed E-state index contributed by atoms with van der Waals surface area (Å²) in [6.45, 7) is 5.41. The van der Waals surface area contributed by atoms with Crippen molar-refractivity contribution in [3.63, 3.8) is 0 Å². The Morgan fingerprint density at radius 1 is 1.30 bits per heavy atom. The molecule has 0 aliphatic carbocycles. The number of carbonyl (C=O) groups is 3. The highest BCUT2D eigenvalue weighted by Crippen LogP contribution is 2.35. The van der Waals surface area contributed by atoms with Crippen molar-refractivity contribution in [1.82, 2.24) is 4.90 Å². The van der Waals surface area contributed by atoms with Gasteiger partial charge in [-0.25, -0.2) is 4.79 Å². The number of rotatable bonds is 3. The second kappa shape index (κ2) is 5.68. The lowest BCUT2D eigenvalue weighted by molar-refractivity contribution is -0.156. The number of nitrogens with zero attached hydrogens (tertiary/aromatic N) is 1. The lowest BCUT2D eigenvalue weighted by Gasteiger charge is -2.26. The van der Waals surface area contributed by atoms with Gasteiger partial charge in [0.2, 0.25) is 0 Å². The zero-order valence-electron chi connectivity index (χ0n) is 12.3. The van der Waals surface area contributed by atoms with Gasteiger partial charge < -0.3 is 19.5 Å². The summed E-state index contributed by atoms with van der Waals surface area (Å²) in [5.74, 6) is -1.70. The molecule has 0 aromatic carbocycles. The van der Waals surface area contributed by atoms with Gasteiger partial charge in [-0.1, -0.05) is 0 Å². The first kappa shape index (κ1) is 16.3. The Bertz CT molecular complexity index is 414. The van der Waals surface area contributed by atoms with Crippen LogP contribution in [0.5, 0.6) is 0 Å². The number of hydrogen-bond acceptors (Lipinski definition) is 5. The Balaban J connectivity index is 2.78. The molecule has 1 aliphatic heterocycles. The van der Waals surface area contributed by atoms with Crippen LogP contribution in [0, 0.1) is 5.41 Å². The monoisotopic (exact) mass is 287 g/mol. The minimum atomic E-state index is -1.29. The maximum atomic E-state index is 11.9. The second-order valence-electron chi connectivity index (χ2n) is 5.99. The first-order chi connectivity index (χ1) is 9.09. The molecule has 114 valence electrons. The molecule has 1 rings (SSSR count). The SMILES string of the molecule is COC(=O)CC1(C(=O)O)CCN(C(=O)OC(C)(C)C)C1. The predicted octanol–water partition coefficient (Wildman–Crippen LogP) is 1.26. The number of ether oxygens (including phenoxy) is 2. The third-order valence-corrected chi connectivity index (χ3v) is 3.17. The van der Waals surface area contributed by atoms with Crippen molar-refractivity contribution in [2.24, 2.45) is 5.41 Å². The Morgan fingerprint density at radius 2 is 1.90 bits per heavy atom. The fourth-order valence-corrected chi connectivity index (χ4v) is 2.10. The number of carbonyl (C=O) groups excluding carboxylic acids is 2. The molecule has 1 N–H and O–H groups in total. The molecule has 7 heteroatoms. The quantitative estimate of drug-likeness (QED) is 0.785. The van der Waals surface area contributed by atoms with Gasteiger partial charge in [0.1, 0.15) is 5.60 Å². The normalized spacial score (nSPS) is 22.5. The van der Waals surface area contributed by atoms with Crippen molar-refractivity contribution in [2.45, 2.75) is 39.2 Å². The molecule has 20 heavy (non-hydrogen) atoms. The lowest BCUT2D eigenvalue weighted by Crippen LogP contribution is -2.40. The van der Waals surface area contributed by atoms with Crippen LogP contribution in [0.3, 0.4) is 0 Å². The van der Waals surface area contributed by atoms with E-state index in [1.54, 1.807) is 20.8 Å². The Morgan fingerprint density at radius 3 is 2.35 bits per heavy atom. The van der Waals surface area contributed by atoms with Crippen LogP contribution < -0.4 is 0 Å². The largest absolute Gasteiger partial charge is 0.481 e. The molecule has 1 unspecified atom stereocenters. The molecule has 0 aromatic rings. The molecule has 0 bridgehead atoms. The molecule has 1 amide bonds. The van der Waals surface area contributed by atoms with Crippen LogP contribution in [0.4, 0.5) is 4.79 Å². The summed E-state index contributed by atoms with van der Waals surface area (Å²) < 4.78 is 9.73. The minimum absolute atomic E-state index is 0.0493. The average molecular weight is 287 g/mol. The van der Waals surface area contributed by atoms with Crippen LogP contribution in [0.1, 0.15) is 33.6 Å². The number of aliphatic carboxylic acids is 1. The Kier molecular flexibility index (Phi) is 4.62. The molecule has 1 fully saturated rings. The van der Waals surface area contributed by atoms with Gasteiger partial charge in [-0.15, -0.1) is 0 Å². The summed E-state index contributed by atoms with van der Waals surface area (Å²) in [5.41, 5.74) is -1.93. The predicted molar refractivity (Wildman–Crippen MR) is 69.1 cm³/mol. The molecule has 1 heterocycles. The van der Waals surface area contributed by atoms with Crippen LogP contribution in [-0.4, -0.2) is 53.8 Å². The molecular formula is C13H21NO6. The van der Waals surface area contributed by atoms with Gasteiger partial charge in [-0.2, -0.15) is 0 Å². The van der Waals surface area contributed by atoms with E-state index in [-0.39, 0.29) is 25.9 Å². The molecular weight excluding hydrogens is 266 g/mol. The number of methoxy groups -OCH3 is 1. The fraction of sp³-hybridized carbons (Fsp3) is 0.769. The zero-order chi connectivity index (χ0) is 15.6. The van der Waals surface area contributed by atoms with Gasteiger partial charge in [0.25, 0.3) is 0 Å². The summed E-state index contributed by atoms with van der Waals surface area (Å²) in [5, 5.41) is 9.35. The number of esters is 1. The van der Waals surface area contributed by atoms with E-state index in [0.717, 1.165) is 0 Å². The molecule has 1 saturated heterocycles. The maximum absolute atomic E-state index is 11.9. The molecule has 0 aromatic heterocycles. The highest BCUT2D eigenvalue weighted by atomic mass is 16.6. The zero-order valence-corrected chi connectivity index (χ0v) is 12.3. The molecule has 0 saturated carbocycles. The molecule has 0 radical (unpaired) electrons. The molecule has 7 nitrogen and oxygen atoms in total. The smallest absolute Gasteiger partial charge is 0.410 e. The standard InChI is InChI=1S/C13H21NO6/c1-12(2,3)20-11(18)14-6-5-13(8-14,10(16)17)7-9(15)19-4/h5-8H2,1-4H3,(H,16,17). The third kappa shape index (κ3) is 3.85. The maximum Gasteiger partial charge on any atom is 0.410 e.